The molecule has 25 heavy (non-hydrogen) atoms. The van der Waals surface area contributed by atoms with Crippen molar-refractivity contribution in [1.29, 1.82) is 0 Å². The van der Waals surface area contributed by atoms with E-state index in [9.17, 15) is 20.0 Å². The maximum atomic E-state index is 11.8. The minimum Gasteiger partial charge on any atom is -0.508 e. The van der Waals surface area contributed by atoms with Crippen molar-refractivity contribution in [2.75, 3.05) is 5.32 Å². The molecule has 3 aromatic rings. The molecule has 0 saturated heterocycles. The fourth-order valence-corrected chi connectivity index (χ4v) is 2.66. The second kappa shape index (κ2) is 6.64. The number of aryl methyl sites for hydroxylation is 1. The van der Waals surface area contributed by atoms with Crippen LogP contribution in [0.3, 0.4) is 0 Å². The van der Waals surface area contributed by atoms with Gasteiger partial charge in [-0.25, -0.2) is 4.79 Å². The summed E-state index contributed by atoms with van der Waals surface area (Å²) >= 11 is 0. The second-order valence-corrected chi connectivity index (χ2v) is 5.58. The average Bonchev–Trinajstić information content (AvgIpc) is 2.59. The molecule has 7 nitrogen and oxygen atoms in total. The predicted molar refractivity (Wildman–Crippen MR) is 93.9 cm³/mol. The molecule has 1 aromatic heterocycles. The van der Waals surface area contributed by atoms with Gasteiger partial charge in [0.1, 0.15) is 11.3 Å². The van der Waals surface area contributed by atoms with E-state index >= 15 is 0 Å². The number of nitro groups is 1. The third kappa shape index (κ3) is 3.45. The number of non-ortho nitro benzene ring substituents is 1. The number of rotatable bonds is 5. The van der Waals surface area contributed by atoms with Crippen LogP contribution in [0.25, 0.3) is 11.0 Å². The van der Waals surface area contributed by atoms with E-state index in [1.807, 2.05) is 6.92 Å². The molecule has 0 saturated carbocycles. The lowest BCUT2D eigenvalue weighted by molar-refractivity contribution is -0.384. The summed E-state index contributed by atoms with van der Waals surface area (Å²) in [5.74, 6) is 0.0851. The average molecular weight is 340 g/mol. The number of nitrogens with one attached hydrogen (secondary N) is 1. The molecule has 3 rings (SSSR count). The van der Waals surface area contributed by atoms with Gasteiger partial charge in [0.2, 0.25) is 0 Å². The number of nitro benzene ring substituents is 1. The van der Waals surface area contributed by atoms with Crippen molar-refractivity contribution in [1.82, 2.24) is 0 Å². The van der Waals surface area contributed by atoms with E-state index in [1.54, 1.807) is 18.2 Å². The van der Waals surface area contributed by atoms with Gasteiger partial charge >= 0.3 is 5.63 Å². The zero-order valence-corrected chi connectivity index (χ0v) is 13.5. The van der Waals surface area contributed by atoms with Crippen molar-refractivity contribution in [2.24, 2.45) is 0 Å². The summed E-state index contributed by atoms with van der Waals surface area (Å²) in [6, 6.07) is 10.7. The Morgan fingerprint density at radius 3 is 2.72 bits per heavy atom. The third-order valence-electron chi connectivity index (χ3n) is 3.95. The maximum Gasteiger partial charge on any atom is 0.336 e. The van der Waals surface area contributed by atoms with E-state index in [0.717, 1.165) is 5.56 Å². The van der Waals surface area contributed by atoms with Crippen molar-refractivity contribution < 1.29 is 14.4 Å². The third-order valence-corrected chi connectivity index (χ3v) is 3.95. The zero-order chi connectivity index (χ0) is 18.0. The lowest BCUT2D eigenvalue weighted by atomic mass is 10.0. The Morgan fingerprint density at radius 1 is 1.20 bits per heavy atom. The van der Waals surface area contributed by atoms with Gasteiger partial charge < -0.3 is 14.8 Å². The van der Waals surface area contributed by atoms with E-state index in [2.05, 4.69) is 5.32 Å². The van der Waals surface area contributed by atoms with Crippen molar-refractivity contribution in [3.63, 3.8) is 0 Å². The van der Waals surface area contributed by atoms with Crippen LogP contribution in [0.1, 0.15) is 18.1 Å². The maximum absolute atomic E-state index is 11.8. The lowest BCUT2D eigenvalue weighted by Gasteiger charge is -2.10. The largest absolute Gasteiger partial charge is 0.508 e. The van der Waals surface area contributed by atoms with Gasteiger partial charge in [-0.1, -0.05) is 13.0 Å². The summed E-state index contributed by atoms with van der Waals surface area (Å²) in [5.41, 5.74) is 1.78. The standard InChI is InChI=1S/C18H16N2O5/c1-2-11-6-15-12(7-18(22)25-17(15)9-16(11)21)10-19-13-4-3-5-14(8-13)20(23)24/h3-9,19,21H,2,10H2,1H3. The van der Waals surface area contributed by atoms with Crippen molar-refractivity contribution >= 4 is 22.3 Å². The molecule has 1 heterocycles. The minimum absolute atomic E-state index is 0.0133. The summed E-state index contributed by atoms with van der Waals surface area (Å²) in [6.45, 7) is 2.21. The molecule has 128 valence electrons. The highest BCUT2D eigenvalue weighted by Crippen LogP contribution is 2.27. The molecule has 2 aromatic carbocycles. The zero-order valence-electron chi connectivity index (χ0n) is 13.5. The van der Waals surface area contributed by atoms with Crippen molar-refractivity contribution in [3.05, 3.63) is 74.1 Å². The molecular formula is C18H16N2O5. The van der Waals surface area contributed by atoms with E-state index < -0.39 is 10.5 Å². The molecule has 0 aliphatic heterocycles. The van der Waals surface area contributed by atoms with Gasteiger partial charge in [-0.2, -0.15) is 0 Å². The van der Waals surface area contributed by atoms with Crippen LogP contribution < -0.4 is 10.9 Å². The van der Waals surface area contributed by atoms with E-state index in [-0.39, 0.29) is 18.0 Å². The van der Waals surface area contributed by atoms with E-state index in [4.69, 9.17) is 4.42 Å². The molecule has 0 spiro atoms. The highest BCUT2D eigenvalue weighted by Gasteiger charge is 2.11. The summed E-state index contributed by atoms with van der Waals surface area (Å²) < 4.78 is 5.15. The summed E-state index contributed by atoms with van der Waals surface area (Å²) in [7, 11) is 0. The normalized spacial score (nSPS) is 10.8. The lowest BCUT2D eigenvalue weighted by Crippen LogP contribution is -2.06. The smallest absolute Gasteiger partial charge is 0.336 e. The summed E-state index contributed by atoms with van der Waals surface area (Å²) in [6.07, 6.45) is 0.638. The predicted octanol–water partition coefficient (Wildman–Crippen LogP) is 3.58. The van der Waals surface area contributed by atoms with Crippen molar-refractivity contribution in [2.45, 2.75) is 19.9 Å². The molecule has 0 bridgehead atoms. The highest BCUT2D eigenvalue weighted by molar-refractivity contribution is 5.83. The number of nitrogens with zero attached hydrogens (tertiary/aromatic N) is 1. The number of anilines is 1. The van der Waals surface area contributed by atoms with Crippen LogP contribution in [0, 0.1) is 10.1 Å². The Bertz CT molecular complexity index is 1010. The quantitative estimate of drug-likeness (QED) is 0.418. The molecule has 0 amide bonds. The number of phenolic OH excluding ortho intramolecular Hbond substituents is 1. The second-order valence-electron chi connectivity index (χ2n) is 5.58. The first-order valence-electron chi connectivity index (χ1n) is 7.75. The number of fused-ring (bicyclic) bond motifs is 1. The van der Waals surface area contributed by atoms with Crippen LogP contribution in [0.15, 0.2) is 51.7 Å². The molecule has 0 radical (unpaired) electrons. The number of aromatic hydroxyl groups is 1. The molecule has 0 aliphatic carbocycles. The van der Waals surface area contributed by atoms with Gasteiger partial charge in [0, 0.05) is 41.9 Å². The molecule has 0 unspecified atom stereocenters. The van der Waals surface area contributed by atoms with Gasteiger partial charge in [0.25, 0.3) is 5.69 Å². The molecular weight excluding hydrogens is 324 g/mol. The Balaban J connectivity index is 1.97. The monoisotopic (exact) mass is 340 g/mol. The molecule has 0 fully saturated rings. The fourth-order valence-electron chi connectivity index (χ4n) is 2.66. The molecule has 7 heteroatoms. The summed E-state index contributed by atoms with van der Waals surface area (Å²) in [5, 5.41) is 24.6. The van der Waals surface area contributed by atoms with E-state index in [1.165, 1.54) is 24.3 Å². The van der Waals surface area contributed by atoms with Gasteiger partial charge in [-0.3, -0.25) is 10.1 Å². The van der Waals surface area contributed by atoms with Gasteiger partial charge in [-0.15, -0.1) is 0 Å². The topological polar surface area (TPSA) is 106 Å². The Hall–Kier alpha value is -3.35. The summed E-state index contributed by atoms with van der Waals surface area (Å²) in [4.78, 5) is 22.1. The SMILES string of the molecule is CCc1cc2c(CNc3cccc([N+](=O)[O-])c3)cc(=O)oc2cc1O. The van der Waals surface area contributed by atoms with Crippen LogP contribution >= 0.6 is 0 Å². The highest BCUT2D eigenvalue weighted by atomic mass is 16.6. The Morgan fingerprint density at radius 2 is 2.00 bits per heavy atom. The molecule has 2 N–H and O–H groups in total. The number of phenols is 1. The van der Waals surface area contributed by atoms with Crippen LogP contribution in [-0.2, 0) is 13.0 Å². The first-order chi connectivity index (χ1) is 12.0. The van der Waals surface area contributed by atoms with Crippen LogP contribution in [0.5, 0.6) is 5.75 Å². The molecule has 0 atom stereocenters. The Labute approximate surface area is 142 Å². The molecule has 0 aliphatic rings. The Kier molecular flexibility index (Phi) is 4.38. The number of benzene rings is 2. The van der Waals surface area contributed by atoms with Gasteiger partial charge in [0.15, 0.2) is 0 Å². The fraction of sp³-hybridized carbons (Fsp3) is 0.167. The van der Waals surface area contributed by atoms with Gasteiger partial charge in [-0.05, 0) is 29.7 Å². The van der Waals surface area contributed by atoms with Crippen molar-refractivity contribution in [3.8, 4) is 5.75 Å². The van der Waals surface area contributed by atoms with E-state index in [0.29, 0.717) is 28.6 Å². The van der Waals surface area contributed by atoms with Crippen LogP contribution in [0.2, 0.25) is 0 Å². The number of hydrogen-bond donors (Lipinski definition) is 2. The van der Waals surface area contributed by atoms with Crippen LogP contribution in [-0.4, -0.2) is 10.0 Å². The first-order valence-corrected chi connectivity index (χ1v) is 7.75. The first kappa shape index (κ1) is 16.5. The minimum atomic E-state index is -0.521. The van der Waals surface area contributed by atoms with Crippen LogP contribution in [0.4, 0.5) is 11.4 Å². The van der Waals surface area contributed by atoms with Gasteiger partial charge in [0.05, 0.1) is 4.92 Å². The number of hydrogen-bond acceptors (Lipinski definition) is 6.